The van der Waals surface area contributed by atoms with Gasteiger partial charge in [-0.1, -0.05) is 0 Å². The number of hydrogen-bond donors (Lipinski definition) is 1. The van der Waals surface area contributed by atoms with E-state index in [4.69, 9.17) is 9.47 Å². The number of hydrogen-bond acceptors (Lipinski definition) is 6. The van der Waals surface area contributed by atoms with Gasteiger partial charge in [0.2, 0.25) is 0 Å². The molecule has 7 heteroatoms. The number of esters is 1. The molecule has 138 valence electrons. The molecule has 1 N–H and O–H groups in total. The minimum absolute atomic E-state index is 0.107. The van der Waals surface area contributed by atoms with Gasteiger partial charge < -0.3 is 19.4 Å². The van der Waals surface area contributed by atoms with Crippen molar-refractivity contribution in [2.45, 2.75) is 43.7 Å². The van der Waals surface area contributed by atoms with Gasteiger partial charge in [0.05, 0.1) is 18.1 Å². The molecule has 2 saturated carbocycles. The molecule has 2 aliphatic carbocycles. The summed E-state index contributed by atoms with van der Waals surface area (Å²) >= 11 is 0. The molecule has 2 aromatic heterocycles. The van der Waals surface area contributed by atoms with Crippen molar-refractivity contribution in [1.82, 2.24) is 14.5 Å². The molecule has 7 nitrogen and oxygen atoms in total. The number of anilines is 1. The lowest BCUT2D eigenvalue weighted by atomic mass is 9.53. The number of rotatable bonds is 3. The second kappa shape index (κ2) is 5.67. The van der Waals surface area contributed by atoms with Gasteiger partial charge in [-0.05, 0) is 44.1 Å². The predicted octanol–water partition coefficient (Wildman–Crippen LogP) is 2.51. The molecular weight excluding hydrogens is 332 g/mol. The highest BCUT2D eigenvalue weighted by Crippen LogP contribution is 2.59. The summed E-state index contributed by atoms with van der Waals surface area (Å²) in [4.78, 5) is 20.8. The average Bonchev–Trinajstić information content (AvgIpc) is 3.11. The summed E-state index contributed by atoms with van der Waals surface area (Å²) in [5, 5.41) is 4.52. The summed E-state index contributed by atoms with van der Waals surface area (Å²) in [5.41, 5.74) is 1.32. The van der Waals surface area contributed by atoms with E-state index in [0.717, 1.165) is 35.8 Å². The summed E-state index contributed by atoms with van der Waals surface area (Å²) in [5.74, 6) is 1.72. The minimum atomic E-state index is -0.366. The van der Waals surface area contributed by atoms with Gasteiger partial charge >= 0.3 is 5.97 Å². The summed E-state index contributed by atoms with van der Waals surface area (Å²) in [7, 11) is 3.21. The summed E-state index contributed by atoms with van der Waals surface area (Å²) < 4.78 is 12.9. The van der Waals surface area contributed by atoms with Gasteiger partial charge in [-0.15, -0.1) is 0 Å². The first kappa shape index (κ1) is 16.1. The Kier molecular flexibility index (Phi) is 3.50. The van der Waals surface area contributed by atoms with Crippen LogP contribution in [-0.2, 0) is 16.5 Å². The monoisotopic (exact) mass is 356 g/mol. The highest BCUT2D eigenvalue weighted by atomic mass is 16.5. The summed E-state index contributed by atoms with van der Waals surface area (Å²) in [6, 6.07) is 2.18. The highest BCUT2D eigenvalue weighted by Gasteiger charge is 2.62. The first-order valence-corrected chi connectivity index (χ1v) is 9.43. The van der Waals surface area contributed by atoms with Gasteiger partial charge in [-0.3, -0.25) is 0 Å². The van der Waals surface area contributed by atoms with E-state index in [0.29, 0.717) is 17.7 Å². The highest BCUT2D eigenvalue weighted by molar-refractivity contribution is 5.98. The third kappa shape index (κ3) is 2.06. The average molecular weight is 356 g/mol. The molecule has 1 aliphatic heterocycles. The Balaban J connectivity index is 1.47. The number of nitrogens with zero attached hydrogens (tertiary/aromatic N) is 3. The van der Waals surface area contributed by atoms with E-state index in [9.17, 15) is 4.79 Å². The Morgan fingerprint density at radius 1 is 1.42 bits per heavy atom. The zero-order valence-corrected chi connectivity index (χ0v) is 15.2. The van der Waals surface area contributed by atoms with Crippen LogP contribution in [0, 0.1) is 11.8 Å². The lowest BCUT2D eigenvalue weighted by Crippen LogP contribution is -2.61. The van der Waals surface area contributed by atoms with Gasteiger partial charge in [0.25, 0.3) is 0 Å². The van der Waals surface area contributed by atoms with Crippen molar-refractivity contribution < 1.29 is 14.3 Å². The van der Waals surface area contributed by atoms with E-state index >= 15 is 0 Å². The van der Waals surface area contributed by atoms with Gasteiger partial charge in [0, 0.05) is 25.6 Å². The first-order chi connectivity index (χ1) is 12.6. The standard InChI is InChI=1S/C19H24N4O3/c1-23-15(18(24)25-2)9-12-16(20-10-21-17(12)23)22-14-4-3-6-19-11(5-7-26-19)8-13(14)19/h9-11,13-14H,3-8H2,1-2H3,(H,20,21,22). The van der Waals surface area contributed by atoms with Crippen LogP contribution in [0.15, 0.2) is 12.4 Å². The van der Waals surface area contributed by atoms with E-state index in [1.54, 1.807) is 10.9 Å². The molecular formula is C19H24N4O3. The fraction of sp³-hybridized carbons (Fsp3) is 0.632. The number of fused-ring (bicyclic) bond motifs is 1. The zero-order chi connectivity index (χ0) is 17.9. The fourth-order valence-corrected chi connectivity index (χ4v) is 5.49. The Hall–Kier alpha value is -2.15. The number of aryl methyl sites for hydroxylation is 1. The molecule has 0 amide bonds. The maximum atomic E-state index is 12.0. The van der Waals surface area contributed by atoms with Crippen LogP contribution >= 0.6 is 0 Å². The molecule has 3 heterocycles. The number of aromatic nitrogens is 3. The quantitative estimate of drug-likeness (QED) is 0.852. The first-order valence-electron chi connectivity index (χ1n) is 9.43. The predicted molar refractivity (Wildman–Crippen MR) is 96.0 cm³/mol. The Morgan fingerprint density at radius 2 is 2.31 bits per heavy atom. The minimum Gasteiger partial charge on any atom is -0.464 e. The number of ether oxygens (including phenoxy) is 2. The van der Waals surface area contributed by atoms with Crippen molar-refractivity contribution in [3.8, 4) is 0 Å². The third-order valence-electron chi connectivity index (χ3n) is 6.80. The SMILES string of the molecule is COC(=O)c1cc2c(NC3CCCC45OCCC4CC35)ncnc2n1C. The molecule has 26 heavy (non-hydrogen) atoms. The molecule has 0 radical (unpaired) electrons. The molecule has 4 atom stereocenters. The van der Waals surface area contributed by atoms with Crippen LogP contribution in [0.3, 0.4) is 0 Å². The van der Waals surface area contributed by atoms with E-state index < -0.39 is 0 Å². The number of carbonyl (C=O) groups is 1. The van der Waals surface area contributed by atoms with Gasteiger partial charge in [-0.25, -0.2) is 14.8 Å². The van der Waals surface area contributed by atoms with E-state index in [2.05, 4.69) is 15.3 Å². The van der Waals surface area contributed by atoms with Crippen LogP contribution in [0.25, 0.3) is 11.0 Å². The smallest absolute Gasteiger partial charge is 0.354 e. The molecule has 1 spiro atoms. The summed E-state index contributed by atoms with van der Waals surface area (Å²) in [6.07, 6.45) is 7.51. The van der Waals surface area contributed by atoms with E-state index in [-0.39, 0.29) is 11.6 Å². The van der Waals surface area contributed by atoms with Crippen molar-refractivity contribution in [2.24, 2.45) is 18.9 Å². The van der Waals surface area contributed by atoms with Crippen molar-refractivity contribution >= 4 is 22.8 Å². The fourth-order valence-electron chi connectivity index (χ4n) is 5.49. The lowest BCUT2D eigenvalue weighted by Gasteiger charge is -2.57. The maximum Gasteiger partial charge on any atom is 0.354 e. The Labute approximate surface area is 152 Å². The largest absolute Gasteiger partial charge is 0.464 e. The third-order valence-corrected chi connectivity index (χ3v) is 6.80. The van der Waals surface area contributed by atoms with Crippen LogP contribution < -0.4 is 5.32 Å². The molecule has 3 aliphatic rings. The second-order valence-electron chi connectivity index (χ2n) is 7.81. The van der Waals surface area contributed by atoms with Gasteiger partial charge in [-0.2, -0.15) is 0 Å². The molecule has 4 unspecified atom stereocenters. The molecule has 2 aromatic rings. The Morgan fingerprint density at radius 3 is 3.12 bits per heavy atom. The zero-order valence-electron chi connectivity index (χ0n) is 15.2. The second-order valence-corrected chi connectivity index (χ2v) is 7.81. The molecule has 1 saturated heterocycles. The van der Waals surface area contributed by atoms with Crippen molar-refractivity contribution in [1.29, 1.82) is 0 Å². The molecule has 5 rings (SSSR count). The topological polar surface area (TPSA) is 78.3 Å². The van der Waals surface area contributed by atoms with Crippen molar-refractivity contribution in [3.05, 3.63) is 18.1 Å². The van der Waals surface area contributed by atoms with Gasteiger partial charge in [0.15, 0.2) is 0 Å². The molecule has 3 fully saturated rings. The lowest BCUT2D eigenvalue weighted by molar-refractivity contribution is -0.160. The normalized spacial score (nSPS) is 32.6. The van der Waals surface area contributed by atoms with Crippen LogP contribution in [0.1, 0.15) is 42.6 Å². The van der Waals surface area contributed by atoms with E-state index in [1.807, 2.05) is 13.1 Å². The van der Waals surface area contributed by atoms with Crippen molar-refractivity contribution in [2.75, 3.05) is 19.0 Å². The van der Waals surface area contributed by atoms with Crippen LogP contribution in [-0.4, -0.2) is 45.9 Å². The Bertz CT molecular complexity index is 879. The maximum absolute atomic E-state index is 12.0. The van der Waals surface area contributed by atoms with Crippen LogP contribution in [0.4, 0.5) is 5.82 Å². The number of carbonyl (C=O) groups excluding carboxylic acids is 1. The van der Waals surface area contributed by atoms with Crippen LogP contribution in [0.2, 0.25) is 0 Å². The van der Waals surface area contributed by atoms with E-state index in [1.165, 1.54) is 32.8 Å². The van der Waals surface area contributed by atoms with Gasteiger partial charge in [0.1, 0.15) is 23.5 Å². The number of methoxy groups -OCH3 is 1. The summed E-state index contributed by atoms with van der Waals surface area (Å²) in [6.45, 7) is 0.910. The van der Waals surface area contributed by atoms with Crippen LogP contribution in [0.5, 0.6) is 0 Å². The molecule has 0 bridgehead atoms. The number of nitrogens with one attached hydrogen (secondary N) is 1. The molecule has 0 aromatic carbocycles. The van der Waals surface area contributed by atoms with Crippen molar-refractivity contribution in [3.63, 3.8) is 0 Å².